The minimum absolute atomic E-state index is 0. The summed E-state index contributed by atoms with van der Waals surface area (Å²) < 4.78 is 12.3. The highest BCUT2D eigenvalue weighted by Gasteiger charge is 2.64. The summed E-state index contributed by atoms with van der Waals surface area (Å²) in [6, 6.07) is 2.10. The van der Waals surface area contributed by atoms with Gasteiger partial charge >= 0.3 is 0 Å². The Morgan fingerprint density at radius 2 is 1.23 bits per heavy atom. The molecule has 70 heavy (non-hydrogen) atoms. The number of ether oxygens (including phenoxy) is 2. The highest BCUT2D eigenvalue weighted by Crippen LogP contribution is 2.70. The predicted molar refractivity (Wildman–Crippen MR) is 280 cm³/mol. The molecule has 8 aliphatic rings. The van der Waals surface area contributed by atoms with Crippen molar-refractivity contribution in [2.24, 2.45) is 80.8 Å². The third kappa shape index (κ3) is 10.6. The van der Waals surface area contributed by atoms with Crippen molar-refractivity contribution in [1.29, 1.82) is 5.26 Å². The summed E-state index contributed by atoms with van der Waals surface area (Å²) in [4.78, 5) is 29.0. The molecule has 12 nitrogen and oxygen atoms in total. The summed E-state index contributed by atoms with van der Waals surface area (Å²) in [6.45, 7) is 17.5. The molecule has 0 radical (unpaired) electrons. The molecule has 0 saturated heterocycles. The quantitative estimate of drug-likeness (QED) is 0.164. The number of alkyl halides is 1. The Hall–Kier alpha value is -2.94. The summed E-state index contributed by atoms with van der Waals surface area (Å²) in [5.41, 5.74) is 0.761. The molecule has 8 aliphatic carbocycles. The molecular weight excluding hydrogens is 945 g/mol. The number of H-pyrrole nitrogens is 1. The average Bonchev–Trinajstić information content (AvgIpc) is 4.13. The minimum atomic E-state index is -0.655. The normalized spacial score (nSPS) is 41.8. The fourth-order valence-electron chi connectivity index (χ4n) is 17.7. The van der Waals surface area contributed by atoms with Gasteiger partial charge in [-0.15, -0.1) is 0 Å². The van der Waals surface area contributed by atoms with E-state index in [1.807, 2.05) is 0 Å². The van der Waals surface area contributed by atoms with Crippen LogP contribution in [0.1, 0.15) is 171 Å². The monoisotopic (exact) mass is 1030 g/mol. The van der Waals surface area contributed by atoms with Crippen LogP contribution >= 0.6 is 15.9 Å². The number of carbonyl (C=O) groups excluding carboxylic acids is 2. The molecule has 0 aliphatic heterocycles. The van der Waals surface area contributed by atoms with E-state index in [2.05, 4.69) is 69.8 Å². The van der Waals surface area contributed by atoms with E-state index in [-0.39, 0.29) is 57.3 Å². The van der Waals surface area contributed by atoms with Crippen molar-refractivity contribution >= 4 is 33.2 Å². The number of methoxy groups -OCH3 is 2. The van der Waals surface area contributed by atoms with E-state index < -0.39 is 11.2 Å². The zero-order valence-corrected chi connectivity index (χ0v) is 42.9. The first kappa shape index (κ1) is 58.0. The molecule has 392 valence electrons. The second-order valence-electron chi connectivity index (χ2n) is 24.1. The molecule has 0 aromatic carbocycles. The Balaban J connectivity index is 0.000000223. The number of aliphatic hydroxyl groups is 2. The number of hydrogen-bond donors (Lipinski definition) is 3. The van der Waals surface area contributed by atoms with Crippen LogP contribution in [0.25, 0.3) is 4.85 Å². The Morgan fingerprint density at radius 3 is 1.63 bits per heavy atom. The lowest BCUT2D eigenvalue weighted by molar-refractivity contribution is -0.164. The van der Waals surface area contributed by atoms with Crippen molar-refractivity contribution in [3.8, 4) is 6.07 Å². The fraction of sp³-hybridized carbons (Fsp3) is 0.825. The molecule has 8 saturated carbocycles. The standard InChI is InChI=1S/C27H39N3O3.C23H37BrO3.C4H3N3.3CH4/c1-25-10-11-27(32,17-33-3)12-19(25)4-5-20-21-6-7-23(26(21,2)9-8-22(20)25)24(31)16-30-15-18(13-28)14-29-30;1-21-10-11-23(26,14-27-3)12-15(21)4-5-16-17-6-7-19(20(25)13-24)22(17,2)9-8-18(16)21;1-5-4-2-6-7-3-4;;;/h14-15,19-23,32H,4-12,16-17H2,1-3H3;15-19,26H,4-14H2,1-3H3;2-3H,(H,6,7);3*1H4/t19-,20-,21-,22-,23+,25-,26-,27+;15-,16-,17-,18-,19+,21-,22-,23+;;;;/m00..../s1. The molecular formula is C57H91BrN6O6. The van der Waals surface area contributed by atoms with E-state index in [0.29, 0.717) is 76.0 Å². The van der Waals surface area contributed by atoms with Crippen molar-refractivity contribution in [2.45, 2.75) is 183 Å². The van der Waals surface area contributed by atoms with Crippen molar-refractivity contribution in [2.75, 3.05) is 32.8 Å². The number of ketones is 2. The zero-order valence-electron chi connectivity index (χ0n) is 41.3. The molecule has 2 aromatic rings. The number of carbonyl (C=O) groups is 2. The molecule has 0 unspecified atom stereocenters. The van der Waals surface area contributed by atoms with Gasteiger partial charge < -0.3 is 19.7 Å². The summed E-state index contributed by atoms with van der Waals surface area (Å²) in [6.07, 6.45) is 26.3. The van der Waals surface area contributed by atoms with Crippen LogP contribution in [0.5, 0.6) is 0 Å². The Morgan fingerprint density at radius 1 is 0.743 bits per heavy atom. The highest BCUT2D eigenvalue weighted by molar-refractivity contribution is 9.09. The van der Waals surface area contributed by atoms with Gasteiger partial charge in [0, 0.05) is 38.4 Å². The number of hydrogen-bond acceptors (Lipinski definition) is 9. The van der Waals surface area contributed by atoms with E-state index in [4.69, 9.17) is 21.3 Å². The topological polar surface area (TPSA) is 168 Å². The summed E-state index contributed by atoms with van der Waals surface area (Å²) >= 11 is 3.43. The Labute approximate surface area is 430 Å². The largest absolute Gasteiger partial charge is 0.387 e. The molecule has 3 N–H and O–H groups in total. The van der Waals surface area contributed by atoms with E-state index >= 15 is 0 Å². The molecule has 8 fully saturated rings. The number of rotatable bonds is 9. The first-order valence-corrected chi connectivity index (χ1v) is 26.9. The zero-order chi connectivity index (χ0) is 48.0. The van der Waals surface area contributed by atoms with Crippen LogP contribution in [0.15, 0.2) is 24.8 Å². The molecule has 0 spiro atoms. The number of halogens is 1. The minimum Gasteiger partial charge on any atom is -0.387 e. The number of Topliss-reactive ketones (excluding diaryl/α,β-unsaturated/α-hetero) is 2. The third-order valence-corrected chi connectivity index (χ3v) is 21.6. The summed E-state index contributed by atoms with van der Waals surface area (Å²) in [7, 11) is 3.40. The second kappa shape index (κ2) is 22.7. The maximum atomic E-state index is 13.4. The van der Waals surface area contributed by atoms with Gasteiger partial charge in [0.15, 0.2) is 5.78 Å². The van der Waals surface area contributed by atoms with E-state index in [9.17, 15) is 19.8 Å². The van der Waals surface area contributed by atoms with Gasteiger partial charge in [-0.1, -0.05) is 65.9 Å². The first-order chi connectivity index (χ1) is 31.9. The maximum absolute atomic E-state index is 13.4. The second-order valence-corrected chi connectivity index (χ2v) is 24.6. The predicted octanol–water partition coefficient (Wildman–Crippen LogP) is 12.2. The molecule has 0 bridgehead atoms. The van der Waals surface area contributed by atoms with Gasteiger partial charge in [-0.25, -0.2) is 4.85 Å². The molecule has 16 atom stereocenters. The lowest BCUT2D eigenvalue weighted by atomic mass is 9.44. The van der Waals surface area contributed by atoms with Crippen LogP contribution in [0.3, 0.4) is 0 Å². The van der Waals surface area contributed by atoms with E-state index in [1.54, 1.807) is 31.3 Å². The third-order valence-electron chi connectivity index (χ3n) is 21.1. The number of aromatic amines is 1. The number of nitrogens with one attached hydrogen (secondary N) is 1. The lowest BCUT2D eigenvalue weighted by Gasteiger charge is -2.62. The van der Waals surface area contributed by atoms with Crippen LogP contribution in [0.2, 0.25) is 0 Å². The molecule has 10 rings (SSSR count). The first-order valence-electron chi connectivity index (χ1n) is 25.8. The summed E-state index contributed by atoms with van der Waals surface area (Å²) in [5, 5.41) is 41.9. The van der Waals surface area contributed by atoms with Crippen LogP contribution in [-0.4, -0.2) is 85.7 Å². The molecule has 2 heterocycles. The Bertz CT molecular complexity index is 2150. The molecule has 0 amide bonds. The van der Waals surface area contributed by atoms with Gasteiger partial charge in [-0.05, 0) is 185 Å². The average molecular weight is 1040 g/mol. The van der Waals surface area contributed by atoms with E-state index in [0.717, 1.165) is 82.0 Å². The van der Waals surface area contributed by atoms with Crippen molar-refractivity contribution in [3.05, 3.63) is 41.8 Å². The van der Waals surface area contributed by atoms with Crippen LogP contribution < -0.4 is 0 Å². The van der Waals surface area contributed by atoms with Gasteiger partial charge in [0.2, 0.25) is 5.69 Å². The van der Waals surface area contributed by atoms with Crippen LogP contribution in [-0.2, 0) is 25.6 Å². The summed E-state index contributed by atoms with van der Waals surface area (Å²) in [5.74, 6) is 6.60. The van der Waals surface area contributed by atoms with Crippen molar-refractivity contribution < 1.29 is 29.3 Å². The van der Waals surface area contributed by atoms with Gasteiger partial charge in [0.25, 0.3) is 0 Å². The van der Waals surface area contributed by atoms with Gasteiger partial charge in [-0.2, -0.15) is 15.5 Å². The Kier molecular flexibility index (Phi) is 18.8. The van der Waals surface area contributed by atoms with Crippen molar-refractivity contribution in [3.63, 3.8) is 0 Å². The number of aromatic nitrogens is 4. The lowest BCUT2D eigenvalue weighted by Crippen LogP contribution is -2.56. The smallest absolute Gasteiger partial charge is 0.223 e. The van der Waals surface area contributed by atoms with Crippen LogP contribution in [0.4, 0.5) is 5.69 Å². The maximum Gasteiger partial charge on any atom is 0.223 e. The van der Waals surface area contributed by atoms with Crippen molar-refractivity contribution in [1.82, 2.24) is 20.0 Å². The number of nitriles is 1. The SMILES string of the molecule is C.C.C.COC[C@@]1(O)CC[C@@]2(C)[C@@H](CC[C@@H]3[C@@H]2CC[C@]2(C)[C@@H](C(=O)CBr)CC[C@@H]32)C1.COC[C@@]1(O)CC[C@@]2(C)[C@@H](CC[C@@H]3[C@@H]2CC[C@]2(C)[C@@H](C(=O)Cn4cc(C#N)cn4)CC[C@@H]32)C1.[C-]#[N+]c1cn[nH]c1. The fourth-order valence-corrected chi connectivity index (χ4v) is 18.1. The van der Waals surface area contributed by atoms with Gasteiger partial charge in [0.1, 0.15) is 11.9 Å². The molecule has 13 heteroatoms. The van der Waals surface area contributed by atoms with Gasteiger partial charge in [0.05, 0.1) is 60.8 Å². The van der Waals surface area contributed by atoms with Gasteiger partial charge in [-0.3, -0.25) is 19.4 Å². The number of fused-ring (bicyclic) bond motifs is 10. The number of nitrogens with zero attached hydrogens (tertiary/aromatic N) is 5. The highest BCUT2D eigenvalue weighted by atomic mass is 79.9. The van der Waals surface area contributed by atoms with Crippen LogP contribution in [0, 0.1) is 98.7 Å². The molecule has 2 aromatic heterocycles. The van der Waals surface area contributed by atoms with E-state index in [1.165, 1.54) is 63.8 Å².